The monoisotopic (exact) mass is 337 g/mol. The second kappa shape index (κ2) is 7.20. The number of benzene rings is 1. The molecular weight excluding hydrogens is 326 g/mol. The van der Waals surface area contributed by atoms with Gasteiger partial charge in [-0.3, -0.25) is 9.59 Å². The average Bonchev–Trinajstić information content (AvgIpc) is 2.97. The van der Waals surface area contributed by atoms with Crippen molar-refractivity contribution in [1.82, 2.24) is 0 Å². The minimum atomic E-state index is -0.646. The highest BCUT2D eigenvalue weighted by Gasteiger charge is 2.14. The van der Waals surface area contributed by atoms with Crippen molar-refractivity contribution in [3.63, 3.8) is 0 Å². The number of hydrogen-bond acceptors (Lipinski definition) is 5. The molecule has 2 aromatic rings. The molecule has 1 heterocycles. The fraction of sp³-hybridized carbons (Fsp3) is 0.133. The lowest BCUT2D eigenvalue weighted by Gasteiger charge is -2.07. The third kappa shape index (κ3) is 4.16. The fourth-order valence-corrected chi connectivity index (χ4v) is 2.57. The SMILES string of the molecule is CC(=O)c1ccc(C(=O)OCC(=O)Nc2ccccc2Cl)s1. The summed E-state index contributed by atoms with van der Waals surface area (Å²) in [5.74, 6) is -1.27. The molecule has 1 aromatic heterocycles. The number of esters is 1. The molecule has 1 N–H and O–H groups in total. The van der Waals surface area contributed by atoms with Gasteiger partial charge >= 0.3 is 5.97 Å². The molecule has 7 heteroatoms. The van der Waals surface area contributed by atoms with Crippen LogP contribution in [0.15, 0.2) is 36.4 Å². The lowest BCUT2D eigenvalue weighted by molar-refractivity contribution is -0.119. The maximum Gasteiger partial charge on any atom is 0.348 e. The Hall–Kier alpha value is -2.18. The predicted octanol–water partition coefficient (Wildman–Crippen LogP) is 3.40. The molecule has 2 rings (SSSR count). The van der Waals surface area contributed by atoms with Crippen LogP contribution in [0.1, 0.15) is 26.3 Å². The van der Waals surface area contributed by atoms with Gasteiger partial charge in [-0.25, -0.2) is 4.79 Å². The highest BCUT2D eigenvalue weighted by atomic mass is 35.5. The number of thiophene rings is 1. The maximum atomic E-state index is 11.8. The van der Waals surface area contributed by atoms with Crippen LogP contribution in [-0.2, 0) is 9.53 Å². The predicted molar refractivity (Wildman–Crippen MR) is 84.7 cm³/mol. The number of Topliss-reactive ketones (excluding diaryl/α,β-unsaturated/α-hetero) is 1. The van der Waals surface area contributed by atoms with E-state index in [4.69, 9.17) is 16.3 Å². The van der Waals surface area contributed by atoms with Crippen LogP contribution < -0.4 is 5.32 Å². The molecule has 114 valence electrons. The Bertz CT molecular complexity index is 726. The molecular formula is C15H12ClNO4S. The normalized spacial score (nSPS) is 10.1. The molecule has 0 aliphatic carbocycles. The third-order valence-corrected chi connectivity index (χ3v) is 4.13. The van der Waals surface area contributed by atoms with Crippen LogP contribution in [-0.4, -0.2) is 24.3 Å². The van der Waals surface area contributed by atoms with Crippen molar-refractivity contribution in [2.24, 2.45) is 0 Å². The molecule has 0 aliphatic heterocycles. The van der Waals surface area contributed by atoms with Gasteiger partial charge in [0.1, 0.15) is 4.88 Å². The summed E-state index contributed by atoms with van der Waals surface area (Å²) >= 11 is 6.94. The number of ketones is 1. The summed E-state index contributed by atoms with van der Waals surface area (Å²) < 4.78 is 4.90. The summed E-state index contributed by atoms with van der Waals surface area (Å²) in [6.45, 7) is 0.982. The first kappa shape index (κ1) is 16.2. The number of amides is 1. The number of carbonyl (C=O) groups excluding carboxylic acids is 3. The second-order valence-electron chi connectivity index (χ2n) is 4.32. The lowest BCUT2D eigenvalue weighted by atomic mass is 10.3. The van der Waals surface area contributed by atoms with Gasteiger partial charge in [-0.2, -0.15) is 0 Å². The summed E-state index contributed by atoms with van der Waals surface area (Å²) in [5.41, 5.74) is 0.445. The van der Waals surface area contributed by atoms with Crippen molar-refractivity contribution in [2.45, 2.75) is 6.92 Å². The minimum Gasteiger partial charge on any atom is -0.451 e. The fourth-order valence-electron chi connectivity index (χ4n) is 1.59. The van der Waals surface area contributed by atoms with Gasteiger partial charge in [-0.1, -0.05) is 23.7 Å². The van der Waals surface area contributed by atoms with E-state index >= 15 is 0 Å². The van der Waals surface area contributed by atoms with Gasteiger partial charge in [0, 0.05) is 0 Å². The molecule has 0 unspecified atom stereocenters. The minimum absolute atomic E-state index is 0.125. The molecule has 0 fully saturated rings. The molecule has 1 amide bonds. The largest absolute Gasteiger partial charge is 0.451 e. The zero-order valence-electron chi connectivity index (χ0n) is 11.6. The summed E-state index contributed by atoms with van der Waals surface area (Å²) in [5, 5.41) is 2.94. The van der Waals surface area contributed by atoms with Crippen molar-refractivity contribution in [3.05, 3.63) is 51.2 Å². The lowest BCUT2D eigenvalue weighted by Crippen LogP contribution is -2.20. The molecule has 5 nitrogen and oxygen atoms in total. The molecule has 0 spiro atoms. The van der Waals surface area contributed by atoms with Crippen molar-refractivity contribution in [1.29, 1.82) is 0 Å². The van der Waals surface area contributed by atoms with E-state index in [1.165, 1.54) is 13.0 Å². The van der Waals surface area contributed by atoms with Gasteiger partial charge in [-0.05, 0) is 31.2 Å². The topological polar surface area (TPSA) is 72.5 Å². The molecule has 0 saturated heterocycles. The highest BCUT2D eigenvalue weighted by Crippen LogP contribution is 2.20. The van der Waals surface area contributed by atoms with Crippen LogP contribution >= 0.6 is 22.9 Å². The van der Waals surface area contributed by atoms with E-state index in [1.54, 1.807) is 30.3 Å². The molecule has 0 saturated carbocycles. The van der Waals surface area contributed by atoms with Crippen LogP contribution in [0.2, 0.25) is 5.02 Å². The average molecular weight is 338 g/mol. The standard InChI is InChI=1S/C15H12ClNO4S/c1-9(18)12-6-7-13(22-12)15(20)21-8-14(19)17-11-5-3-2-4-10(11)16/h2-7H,8H2,1H3,(H,17,19). The van der Waals surface area contributed by atoms with Gasteiger partial charge in [-0.15, -0.1) is 11.3 Å². The van der Waals surface area contributed by atoms with E-state index < -0.39 is 18.5 Å². The van der Waals surface area contributed by atoms with Crippen LogP contribution in [0.4, 0.5) is 5.69 Å². The number of carbonyl (C=O) groups is 3. The number of para-hydroxylation sites is 1. The molecule has 0 atom stereocenters. The van der Waals surface area contributed by atoms with E-state index in [0.29, 0.717) is 15.6 Å². The van der Waals surface area contributed by atoms with Gasteiger partial charge in [0.05, 0.1) is 15.6 Å². The van der Waals surface area contributed by atoms with Crippen molar-refractivity contribution in [3.8, 4) is 0 Å². The van der Waals surface area contributed by atoms with Gasteiger partial charge in [0.15, 0.2) is 12.4 Å². The Balaban J connectivity index is 1.89. The Morgan fingerprint density at radius 1 is 1.14 bits per heavy atom. The van der Waals surface area contributed by atoms with Gasteiger partial charge in [0.25, 0.3) is 5.91 Å². The smallest absolute Gasteiger partial charge is 0.348 e. The Labute approximate surface area is 135 Å². The maximum absolute atomic E-state index is 11.8. The number of halogens is 1. The van der Waals surface area contributed by atoms with Crippen LogP contribution in [0.3, 0.4) is 0 Å². The first-order valence-electron chi connectivity index (χ1n) is 6.29. The van der Waals surface area contributed by atoms with Crippen molar-refractivity contribution in [2.75, 3.05) is 11.9 Å². The van der Waals surface area contributed by atoms with Gasteiger partial charge in [0.2, 0.25) is 0 Å². The summed E-state index contributed by atoms with van der Waals surface area (Å²) in [6, 6.07) is 9.78. The number of rotatable bonds is 5. The molecule has 0 bridgehead atoms. The molecule has 0 aliphatic rings. The first-order valence-corrected chi connectivity index (χ1v) is 7.49. The number of ether oxygens (including phenoxy) is 1. The highest BCUT2D eigenvalue weighted by molar-refractivity contribution is 7.15. The van der Waals surface area contributed by atoms with E-state index in [1.807, 2.05) is 0 Å². The number of nitrogens with one attached hydrogen (secondary N) is 1. The molecule has 22 heavy (non-hydrogen) atoms. The van der Waals surface area contributed by atoms with Crippen LogP contribution in [0, 0.1) is 0 Å². The van der Waals surface area contributed by atoms with Crippen molar-refractivity contribution < 1.29 is 19.1 Å². The van der Waals surface area contributed by atoms with Crippen molar-refractivity contribution >= 4 is 46.3 Å². The Kier molecular flexibility index (Phi) is 5.30. The van der Waals surface area contributed by atoms with Crippen LogP contribution in [0.25, 0.3) is 0 Å². The summed E-state index contributed by atoms with van der Waals surface area (Å²) in [4.78, 5) is 35.4. The Morgan fingerprint density at radius 2 is 1.82 bits per heavy atom. The second-order valence-corrected chi connectivity index (χ2v) is 5.82. The first-order chi connectivity index (χ1) is 10.5. The number of anilines is 1. The number of hydrogen-bond donors (Lipinski definition) is 1. The van der Waals surface area contributed by atoms with E-state index in [-0.39, 0.29) is 10.7 Å². The third-order valence-electron chi connectivity index (χ3n) is 2.64. The van der Waals surface area contributed by atoms with Crippen LogP contribution in [0.5, 0.6) is 0 Å². The molecule has 1 aromatic carbocycles. The van der Waals surface area contributed by atoms with E-state index in [2.05, 4.69) is 5.32 Å². The quantitative estimate of drug-likeness (QED) is 0.670. The zero-order valence-corrected chi connectivity index (χ0v) is 13.2. The Morgan fingerprint density at radius 3 is 2.45 bits per heavy atom. The van der Waals surface area contributed by atoms with E-state index in [9.17, 15) is 14.4 Å². The zero-order chi connectivity index (χ0) is 16.1. The summed E-state index contributed by atoms with van der Waals surface area (Å²) in [6.07, 6.45) is 0. The van der Waals surface area contributed by atoms with E-state index in [0.717, 1.165) is 11.3 Å². The van der Waals surface area contributed by atoms with Gasteiger partial charge < -0.3 is 10.1 Å². The molecule has 0 radical (unpaired) electrons. The summed E-state index contributed by atoms with van der Waals surface area (Å²) in [7, 11) is 0.